The minimum atomic E-state index is -3.82. The van der Waals surface area contributed by atoms with E-state index in [1.807, 2.05) is 4.90 Å². The first-order valence-electron chi connectivity index (χ1n) is 11.5. The maximum absolute atomic E-state index is 13.7. The van der Waals surface area contributed by atoms with Crippen molar-refractivity contribution in [2.45, 2.75) is 102 Å². The first-order valence-corrected chi connectivity index (χ1v) is 13.0. The molecule has 0 unspecified atom stereocenters. The molecule has 32 heavy (non-hydrogen) atoms. The van der Waals surface area contributed by atoms with Gasteiger partial charge in [0.15, 0.2) is 0 Å². The highest BCUT2D eigenvalue weighted by molar-refractivity contribution is 7.89. The summed E-state index contributed by atoms with van der Waals surface area (Å²) in [5, 5.41) is 3.67. The van der Waals surface area contributed by atoms with Gasteiger partial charge in [0.2, 0.25) is 10.0 Å². The van der Waals surface area contributed by atoms with Crippen LogP contribution in [0.2, 0.25) is 0 Å². The second kappa shape index (κ2) is 10.1. The average Bonchev–Trinajstić information content (AvgIpc) is 2.64. The van der Waals surface area contributed by atoms with Gasteiger partial charge in [0.1, 0.15) is 10.6 Å². The van der Waals surface area contributed by atoms with E-state index >= 15 is 0 Å². The lowest BCUT2D eigenvalue weighted by atomic mass is 9.78. The van der Waals surface area contributed by atoms with Crippen LogP contribution in [0.1, 0.15) is 84.5 Å². The summed E-state index contributed by atoms with van der Waals surface area (Å²) in [4.78, 5) is 15.7. The topological polar surface area (TPSA) is 87.7 Å². The molecule has 0 spiro atoms. The fourth-order valence-electron chi connectivity index (χ4n) is 4.83. The number of nitrogens with one attached hydrogen (secondary N) is 2. The Hall–Kier alpha value is -1.64. The van der Waals surface area contributed by atoms with E-state index < -0.39 is 10.0 Å². The molecule has 0 aliphatic carbocycles. The van der Waals surface area contributed by atoms with Crippen LogP contribution in [0.5, 0.6) is 5.75 Å². The molecule has 1 saturated heterocycles. The minimum Gasteiger partial charge on any atom is -0.495 e. The van der Waals surface area contributed by atoms with E-state index in [0.29, 0.717) is 12.1 Å². The van der Waals surface area contributed by atoms with Crippen LogP contribution in [-0.2, 0) is 10.0 Å². The van der Waals surface area contributed by atoms with E-state index in [2.05, 4.69) is 44.7 Å². The number of sulfonamides is 1. The molecule has 1 aliphatic rings. The largest absolute Gasteiger partial charge is 0.495 e. The molecule has 7 nitrogen and oxygen atoms in total. The van der Waals surface area contributed by atoms with Crippen LogP contribution < -0.4 is 14.8 Å². The summed E-state index contributed by atoms with van der Waals surface area (Å²) in [6.07, 6.45) is 3.54. The first-order chi connectivity index (χ1) is 14.7. The summed E-state index contributed by atoms with van der Waals surface area (Å²) in [6.45, 7) is 14.9. The van der Waals surface area contributed by atoms with Gasteiger partial charge < -0.3 is 15.0 Å². The molecule has 1 heterocycles. The standard InChI is InChI=1S/C24H41N3O4S/c1-9-10-13-27(19-15-23(4,5)26-24(6,7)16-19)22(28)18-11-12-20(31-8)21(14-18)32(29,30)25-17(2)3/h11-12,14,17,19,25-26H,9-10,13,15-16H2,1-8H3. The summed E-state index contributed by atoms with van der Waals surface area (Å²) >= 11 is 0. The minimum absolute atomic E-state index is 0.0130. The highest BCUT2D eigenvalue weighted by Gasteiger charge is 2.41. The van der Waals surface area contributed by atoms with Gasteiger partial charge in [-0.05, 0) is 79.0 Å². The van der Waals surface area contributed by atoms with Crippen molar-refractivity contribution in [1.82, 2.24) is 14.9 Å². The van der Waals surface area contributed by atoms with E-state index in [0.717, 1.165) is 25.7 Å². The van der Waals surface area contributed by atoms with Gasteiger partial charge in [-0.2, -0.15) is 0 Å². The lowest BCUT2D eigenvalue weighted by Gasteiger charge is -2.49. The molecule has 1 aromatic rings. The number of benzene rings is 1. The van der Waals surface area contributed by atoms with Crippen LogP contribution in [0.4, 0.5) is 0 Å². The Labute approximate surface area is 194 Å². The van der Waals surface area contributed by atoms with Crippen LogP contribution in [0.15, 0.2) is 23.1 Å². The number of piperidine rings is 1. The lowest BCUT2D eigenvalue weighted by Crippen LogP contribution is -2.62. The maximum Gasteiger partial charge on any atom is 0.254 e. The quantitative estimate of drug-likeness (QED) is 0.574. The monoisotopic (exact) mass is 467 g/mol. The van der Waals surface area contributed by atoms with Crippen molar-refractivity contribution in [3.05, 3.63) is 23.8 Å². The van der Waals surface area contributed by atoms with Crippen LogP contribution in [0.3, 0.4) is 0 Å². The number of carbonyl (C=O) groups excluding carboxylic acids is 1. The van der Waals surface area contributed by atoms with Crippen LogP contribution >= 0.6 is 0 Å². The number of methoxy groups -OCH3 is 1. The van der Waals surface area contributed by atoms with Crippen molar-refractivity contribution < 1.29 is 17.9 Å². The normalized spacial score (nSPS) is 18.5. The third kappa shape index (κ3) is 6.68. The molecular formula is C24H41N3O4S. The predicted molar refractivity (Wildman–Crippen MR) is 129 cm³/mol. The Bertz CT molecular complexity index is 894. The van der Waals surface area contributed by atoms with Gasteiger partial charge in [-0.1, -0.05) is 13.3 Å². The van der Waals surface area contributed by atoms with E-state index in [4.69, 9.17) is 4.74 Å². The zero-order chi connectivity index (χ0) is 24.3. The fraction of sp³-hybridized carbons (Fsp3) is 0.708. The molecule has 1 amide bonds. The van der Waals surface area contributed by atoms with Crippen molar-refractivity contribution >= 4 is 15.9 Å². The summed E-state index contributed by atoms with van der Waals surface area (Å²) in [7, 11) is -2.39. The average molecular weight is 468 g/mol. The predicted octanol–water partition coefficient (Wildman–Crippen LogP) is 3.93. The summed E-state index contributed by atoms with van der Waals surface area (Å²) in [6, 6.07) is 4.46. The number of nitrogens with zero attached hydrogens (tertiary/aromatic N) is 1. The Balaban J connectivity index is 2.47. The second-order valence-corrected chi connectivity index (χ2v) is 12.1. The Morgan fingerprint density at radius 3 is 2.31 bits per heavy atom. The summed E-state index contributed by atoms with van der Waals surface area (Å²) in [5.74, 6) is 0.0829. The number of hydrogen-bond donors (Lipinski definition) is 2. The molecule has 0 bridgehead atoms. The molecular weight excluding hydrogens is 426 g/mol. The van der Waals surface area contributed by atoms with Crippen LogP contribution in [-0.4, -0.2) is 56.0 Å². The zero-order valence-electron chi connectivity index (χ0n) is 20.9. The Morgan fingerprint density at radius 1 is 1.22 bits per heavy atom. The van der Waals surface area contributed by atoms with Gasteiger partial charge >= 0.3 is 0 Å². The highest BCUT2D eigenvalue weighted by Crippen LogP contribution is 2.33. The number of carbonyl (C=O) groups is 1. The lowest BCUT2D eigenvalue weighted by molar-refractivity contribution is 0.0441. The molecule has 0 atom stereocenters. The molecule has 8 heteroatoms. The van der Waals surface area contributed by atoms with E-state index in [-0.39, 0.29) is 39.7 Å². The number of rotatable bonds is 9. The molecule has 0 radical (unpaired) electrons. The fourth-order valence-corrected chi connectivity index (χ4v) is 6.27. The molecule has 2 N–H and O–H groups in total. The molecule has 0 aromatic heterocycles. The van der Waals surface area contributed by atoms with Gasteiger partial charge in [0, 0.05) is 35.3 Å². The first kappa shape index (κ1) is 26.6. The summed E-state index contributed by atoms with van der Waals surface area (Å²) < 4.78 is 33.6. The van der Waals surface area contributed by atoms with Crippen molar-refractivity contribution in [2.24, 2.45) is 0 Å². The zero-order valence-corrected chi connectivity index (χ0v) is 21.7. The third-order valence-electron chi connectivity index (χ3n) is 5.71. The smallest absolute Gasteiger partial charge is 0.254 e. The van der Waals surface area contributed by atoms with Crippen LogP contribution in [0, 0.1) is 0 Å². The number of unbranched alkanes of at least 4 members (excludes halogenated alkanes) is 1. The molecule has 1 aromatic carbocycles. The van der Waals surface area contributed by atoms with Gasteiger partial charge in [-0.3, -0.25) is 4.79 Å². The van der Waals surface area contributed by atoms with E-state index in [1.54, 1.807) is 26.0 Å². The molecule has 2 rings (SSSR count). The maximum atomic E-state index is 13.7. The Morgan fingerprint density at radius 2 is 1.81 bits per heavy atom. The second-order valence-electron chi connectivity index (χ2n) is 10.4. The number of ether oxygens (including phenoxy) is 1. The molecule has 1 fully saturated rings. The summed E-state index contributed by atoms with van der Waals surface area (Å²) in [5.41, 5.74) is 0.152. The van der Waals surface area contributed by atoms with Crippen LogP contribution in [0.25, 0.3) is 0 Å². The van der Waals surface area contributed by atoms with Crippen molar-refractivity contribution in [2.75, 3.05) is 13.7 Å². The van der Waals surface area contributed by atoms with E-state index in [9.17, 15) is 13.2 Å². The molecule has 0 saturated carbocycles. The number of amides is 1. The SMILES string of the molecule is CCCCN(C(=O)c1ccc(OC)c(S(=O)(=O)NC(C)C)c1)C1CC(C)(C)NC(C)(C)C1. The Kier molecular flexibility index (Phi) is 8.40. The molecule has 182 valence electrons. The van der Waals surface area contributed by atoms with Gasteiger partial charge in [0.25, 0.3) is 5.91 Å². The highest BCUT2D eigenvalue weighted by atomic mass is 32.2. The van der Waals surface area contributed by atoms with E-state index in [1.165, 1.54) is 13.2 Å². The van der Waals surface area contributed by atoms with Crippen molar-refractivity contribution in [3.8, 4) is 5.75 Å². The number of hydrogen-bond acceptors (Lipinski definition) is 5. The van der Waals surface area contributed by atoms with Gasteiger partial charge in [-0.15, -0.1) is 0 Å². The van der Waals surface area contributed by atoms with Gasteiger partial charge in [-0.25, -0.2) is 13.1 Å². The molecule has 1 aliphatic heterocycles. The third-order valence-corrected chi connectivity index (χ3v) is 7.39. The van der Waals surface area contributed by atoms with Gasteiger partial charge in [0.05, 0.1) is 7.11 Å². The van der Waals surface area contributed by atoms with Crippen molar-refractivity contribution in [1.29, 1.82) is 0 Å². The van der Waals surface area contributed by atoms with Crippen molar-refractivity contribution in [3.63, 3.8) is 0 Å².